The summed E-state index contributed by atoms with van der Waals surface area (Å²) in [6, 6.07) is 13.0. The number of rotatable bonds is 2. The summed E-state index contributed by atoms with van der Waals surface area (Å²) in [5.74, 6) is 0. The molecule has 0 bridgehead atoms. The molecule has 0 heterocycles. The highest BCUT2D eigenvalue weighted by Crippen LogP contribution is 2.34. The van der Waals surface area contributed by atoms with Crippen molar-refractivity contribution in [3.05, 3.63) is 57.0 Å². The fourth-order valence-corrected chi connectivity index (χ4v) is 2.11. The summed E-state index contributed by atoms with van der Waals surface area (Å²) in [4.78, 5) is 0. The first-order valence-corrected chi connectivity index (χ1v) is 6.13. The molecule has 4 heteroatoms. The van der Waals surface area contributed by atoms with Crippen molar-refractivity contribution >= 4 is 50.5 Å². The van der Waals surface area contributed by atoms with Crippen molar-refractivity contribution < 1.29 is 0 Å². The predicted octanol–water partition coefficient (Wildman–Crippen LogP) is 5.32. The highest BCUT2D eigenvalue weighted by molar-refractivity contribution is 9.10. The van der Waals surface area contributed by atoms with E-state index < -0.39 is 0 Å². The highest BCUT2D eigenvalue weighted by atomic mass is 79.9. The standard InChI is InChI=1S/C12H7BrCl2N/c13-8-4-1-2-7-11(8)16-12-9(14)5-3-6-10(12)15/h1-7H. The van der Waals surface area contributed by atoms with E-state index in [4.69, 9.17) is 23.2 Å². The van der Waals surface area contributed by atoms with Gasteiger partial charge in [-0.3, -0.25) is 0 Å². The number of benzene rings is 2. The maximum Gasteiger partial charge on any atom is 0.101 e. The molecule has 16 heavy (non-hydrogen) atoms. The zero-order valence-electron chi connectivity index (χ0n) is 8.12. The van der Waals surface area contributed by atoms with Gasteiger partial charge in [0.1, 0.15) is 5.69 Å². The van der Waals surface area contributed by atoms with Gasteiger partial charge in [0.25, 0.3) is 0 Å². The molecule has 0 spiro atoms. The SMILES string of the molecule is Clc1cccc(Cl)c1[N]c1ccccc1Br. The monoisotopic (exact) mass is 314 g/mol. The van der Waals surface area contributed by atoms with Gasteiger partial charge < -0.3 is 0 Å². The van der Waals surface area contributed by atoms with E-state index in [0.29, 0.717) is 15.7 Å². The Balaban J connectivity index is 2.38. The largest absolute Gasteiger partial charge is 0.245 e. The first kappa shape index (κ1) is 11.8. The molecule has 0 aliphatic heterocycles. The molecular weight excluding hydrogens is 309 g/mol. The minimum atomic E-state index is 0.545. The minimum Gasteiger partial charge on any atom is -0.245 e. The van der Waals surface area contributed by atoms with Gasteiger partial charge in [-0.2, -0.15) is 0 Å². The molecule has 2 aromatic carbocycles. The second-order valence-electron chi connectivity index (χ2n) is 3.13. The Bertz CT molecular complexity index is 494. The van der Waals surface area contributed by atoms with Crippen LogP contribution in [0.2, 0.25) is 10.0 Å². The Morgan fingerprint density at radius 1 is 0.875 bits per heavy atom. The molecule has 0 atom stereocenters. The fraction of sp³-hybridized carbons (Fsp3) is 0. The predicted molar refractivity (Wildman–Crippen MR) is 72.1 cm³/mol. The van der Waals surface area contributed by atoms with Crippen LogP contribution < -0.4 is 5.32 Å². The second kappa shape index (κ2) is 5.09. The average Bonchev–Trinajstić information content (AvgIpc) is 2.26. The van der Waals surface area contributed by atoms with E-state index in [9.17, 15) is 0 Å². The van der Waals surface area contributed by atoms with Crippen LogP contribution in [0, 0.1) is 0 Å². The van der Waals surface area contributed by atoms with E-state index in [2.05, 4.69) is 21.2 Å². The normalized spacial score (nSPS) is 10.2. The number of hydrogen-bond acceptors (Lipinski definition) is 0. The Morgan fingerprint density at radius 2 is 1.50 bits per heavy atom. The molecule has 0 saturated heterocycles. The molecule has 2 aromatic rings. The van der Waals surface area contributed by atoms with E-state index in [1.807, 2.05) is 24.3 Å². The third-order valence-electron chi connectivity index (χ3n) is 2.02. The molecule has 0 aromatic heterocycles. The maximum atomic E-state index is 6.04. The van der Waals surface area contributed by atoms with Gasteiger partial charge in [-0.25, -0.2) is 5.32 Å². The van der Waals surface area contributed by atoms with Crippen molar-refractivity contribution in [3.8, 4) is 0 Å². The maximum absolute atomic E-state index is 6.04. The van der Waals surface area contributed by atoms with Gasteiger partial charge in [-0.15, -0.1) is 0 Å². The van der Waals surface area contributed by atoms with Gasteiger partial charge in [0, 0.05) is 4.47 Å². The molecule has 0 fully saturated rings. The average molecular weight is 316 g/mol. The van der Waals surface area contributed by atoms with Crippen molar-refractivity contribution in [2.75, 3.05) is 0 Å². The summed E-state index contributed by atoms with van der Waals surface area (Å²) < 4.78 is 0.908. The molecular formula is C12H7BrCl2N. The Labute approximate surface area is 113 Å². The molecule has 1 nitrogen and oxygen atoms in total. The van der Waals surface area contributed by atoms with Gasteiger partial charge >= 0.3 is 0 Å². The zero-order chi connectivity index (χ0) is 11.5. The first-order valence-electron chi connectivity index (χ1n) is 4.59. The van der Waals surface area contributed by atoms with Crippen molar-refractivity contribution in [1.82, 2.24) is 5.32 Å². The van der Waals surface area contributed by atoms with E-state index >= 15 is 0 Å². The number of nitrogens with zero attached hydrogens (tertiary/aromatic N) is 1. The van der Waals surface area contributed by atoms with E-state index in [1.54, 1.807) is 18.2 Å². The fourth-order valence-electron chi connectivity index (χ4n) is 1.26. The second-order valence-corrected chi connectivity index (χ2v) is 4.80. The van der Waals surface area contributed by atoms with Gasteiger partial charge in [0.05, 0.1) is 15.7 Å². The van der Waals surface area contributed by atoms with Gasteiger partial charge in [0.15, 0.2) is 0 Å². The molecule has 0 saturated carbocycles. The lowest BCUT2D eigenvalue weighted by Crippen LogP contribution is -1.91. The Morgan fingerprint density at radius 3 is 2.12 bits per heavy atom. The van der Waals surface area contributed by atoms with Crippen LogP contribution in [-0.4, -0.2) is 0 Å². The quantitative estimate of drug-likeness (QED) is 0.711. The third kappa shape index (κ3) is 2.51. The summed E-state index contributed by atoms with van der Waals surface area (Å²) in [5, 5.41) is 5.52. The molecule has 1 radical (unpaired) electrons. The molecule has 81 valence electrons. The van der Waals surface area contributed by atoms with Crippen molar-refractivity contribution in [2.45, 2.75) is 0 Å². The zero-order valence-corrected chi connectivity index (χ0v) is 11.2. The van der Waals surface area contributed by atoms with Crippen LogP contribution in [-0.2, 0) is 0 Å². The lowest BCUT2D eigenvalue weighted by Gasteiger charge is -2.08. The minimum absolute atomic E-state index is 0.545. The topological polar surface area (TPSA) is 14.1 Å². The van der Waals surface area contributed by atoms with Crippen molar-refractivity contribution in [1.29, 1.82) is 0 Å². The molecule has 0 N–H and O–H groups in total. The molecule has 0 unspecified atom stereocenters. The van der Waals surface area contributed by atoms with Crippen LogP contribution in [0.4, 0.5) is 11.4 Å². The third-order valence-corrected chi connectivity index (χ3v) is 3.30. The van der Waals surface area contributed by atoms with Crippen LogP contribution in [0.5, 0.6) is 0 Å². The van der Waals surface area contributed by atoms with E-state index in [-0.39, 0.29) is 0 Å². The number of para-hydroxylation sites is 2. The van der Waals surface area contributed by atoms with Crippen molar-refractivity contribution in [2.24, 2.45) is 0 Å². The van der Waals surface area contributed by atoms with Crippen LogP contribution in [0.1, 0.15) is 0 Å². The van der Waals surface area contributed by atoms with E-state index in [1.165, 1.54) is 0 Å². The van der Waals surface area contributed by atoms with E-state index in [0.717, 1.165) is 10.2 Å². The summed E-state index contributed by atoms with van der Waals surface area (Å²) in [6.07, 6.45) is 0. The van der Waals surface area contributed by atoms with Gasteiger partial charge in [0.2, 0.25) is 0 Å². The number of hydrogen-bond donors (Lipinski definition) is 0. The lowest BCUT2D eigenvalue weighted by molar-refractivity contribution is 1.18. The summed E-state index contributed by atoms with van der Waals surface area (Å²) in [6.45, 7) is 0. The molecule has 2 rings (SSSR count). The first-order chi connectivity index (χ1) is 7.68. The van der Waals surface area contributed by atoms with Crippen molar-refractivity contribution in [3.63, 3.8) is 0 Å². The van der Waals surface area contributed by atoms with Crippen LogP contribution in [0.15, 0.2) is 46.9 Å². The smallest absolute Gasteiger partial charge is 0.101 e. The van der Waals surface area contributed by atoms with Crippen LogP contribution in [0.25, 0.3) is 0 Å². The Hall–Kier alpha value is -0.700. The lowest BCUT2D eigenvalue weighted by atomic mass is 10.2. The van der Waals surface area contributed by atoms with Gasteiger partial charge in [-0.05, 0) is 40.2 Å². The summed E-state index contributed by atoms with van der Waals surface area (Å²) in [7, 11) is 0. The molecule has 0 amide bonds. The van der Waals surface area contributed by atoms with Gasteiger partial charge in [-0.1, -0.05) is 41.4 Å². The molecule has 0 aliphatic carbocycles. The highest BCUT2D eigenvalue weighted by Gasteiger charge is 2.08. The van der Waals surface area contributed by atoms with Crippen LogP contribution >= 0.6 is 39.1 Å². The Kier molecular flexibility index (Phi) is 3.74. The summed E-state index contributed by atoms with van der Waals surface area (Å²) in [5.41, 5.74) is 1.40. The number of halogens is 3. The molecule has 0 aliphatic rings. The summed E-state index contributed by atoms with van der Waals surface area (Å²) >= 11 is 15.5. The van der Waals surface area contributed by atoms with Crippen LogP contribution in [0.3, 0.4) is 0 Å².